The SMILES string of the molecule is CCS(=O)(=O)N1CCC(N2CCC(c3cn(C)c4ccccc34)CC2)CC1. The zero-order chi connectivity index (χ0) is 19.0. The largest absolute Gasteiger partial charge is 0.350 e. The van der Waals surface area contributed by atoms with Crippen molar-refractivity contribution in [1.29, 1.82) is 0 Å². The first-order chi connectivity index (χ1) is 13.0. The van der Waals surface area contributed by atoms with Crippen LogP contribution in [0.3, 0.4) is 0 Å². The van der Waals surface area contributed by atoms with Crippen LogP contribution in [0, 0.1) is 0 Å². The summed E-state index contributed by atoms with van der Waals surface area (Å²) < 4.78 is 28.1. The monoisotopic (exact) mass is 389 g/mol. The highest BCUT2D eigenvalue weighted by Crippen LogP contribution is 2.35. The first kappa shape index (κ1) is 19.0. The van der Waals surface area contributed by atoms with Crippen LogP contribution in [0.2, 0.25) is 0 Å². The first-order valence-corrected chi connectivity index (χ1v) is 11.9. The van der Waals surface area contributed by atoms with Gasteiger partial charge in [0.2, 0.25) is 10.0 Å². The molecule has 148 valence electrons. The molecule has 27 heavy (non-hydrogen) atoms. The van der Waals surface area contributed by atoms with E-state index < -0.39 is 10.0 Å². The van der Waals surface area contributed by atoms with Gasteiger partial charge < -0.3 is 9.47 Å². The van der Waals surface area contributed by atoms with Gasteiger partial charge in [0.1, 0.15) is 0 Å². The summed E-state index contributed by atoms with van der Waals surface area (Å²) in [6.45, 7) is 5.35. The summed E-state index contributed by atoms with van der Waals surface area (Å²) in [7, 11) is -0.888. The van der Waals surface area contributed by atoms with Gasteiger partial charge in [-0.25, -0.2) is 12.7 Å². The molecule has 2 saturated heterocycles. The molecule has 4 rings (SSSR count). The van der Waals surface area contributed by atoms with Crippen molar-refractivity contribution in [3.05, 3.63) is 36.0 Å². The Hall–Kier alpha value is -1.37. The van der Waals surface area contributed by atoms with Crippen LogP contribution >= 0.6 is 0 Å². The average molecular weight is 390 g/mol. The van der Waals surface area contributed by atoms with Crippen LogP contribution in [0.4, 0.5) is 0 Å². The topological polar surface area (TPSA) is 45.6 Å². The number of aromatic nitrogens is 1. The number of likely N-dealkylation sites (tertiary alicyclic amines) is 1. The van der Waals surface area contributed by atoms with E-state index in [1.54, 1.807) is 11.2 Å². The van der Waals surface area contributed by atoms with Crippen LogP contribution in [0.25, 0.3) is 10.9 Å². The van der Waals surface area contributed by atoms with E-state index in [-0.39, 0.29) is 5.75 Å². The van der Waals surface area contributed by atoms with Crippen molar-refractivity contribution >= 4 is 20.9 Å². The van der Waals surface area contributed by atoms with Gasteiger partial charge in [0.15, 0.2) is 0 Å². The highest BCUT2D eigenvalue weighted by molar-refractivity contribution is 7.89. The van der Waals surface area contributed by atoms with E-state index in [4.69, 9.17) is 0 Å². The van der Waals surface area contributed by atoms with Crippen molar-refractivity contribution in [3.8, 4) is 0 Å². The lowest BCUT2D eigenvalue weighted by atomic mass is 9.88. The minimum absolute atomic E-state index is 0.216. The van der Waals surface area contributed by atoms with Gasteiger partial charge in [0.25, 0.3) is 0 Å². The molecule has 0 radical (unpaired) electrons. The minimum Gasteiger partial charge on any atom is -0.350 e. The van der Waals surface area contributed by atoms with E-state index in [9.17, 15) is 8.42 Å². The number of hydrogen-bond acceptors (Lipinski definition) is 3. The van der Waals surface area contributed by atoms with Crippen LogP contribution in [-0.4, -0.2) is 60.2 Å². The lowest BCUT2D eigenvalue weighted by Gasteiger charge is -2.41. The first-order valence-electron chi connectivity index (χ1n) is 10.3. The van der Waals surface area contributed by atoms with Gasteiger partial charge in [-0.1, -0.05) is 18.2 Å². The number of rotatable bonds is 4. The maximum absolute atomic E-state index is 12.1. The summed E-state index contributed by atoms with van der Waals surface area (Å²) >= 11 is 0. The second-order valence-electron chi connectivity index (χ2n) is 8.05. The van der Waals surface area contributed by atoms with Crippen LogP contribution in [0.1, 0.15) is 44.1 Å². The number of fused-ring (bicyclic) bond motifs is 1. The van der Waals surface area contributed by atoms with E-state index in [0.29, 0.717) is 25.0 Å². The third-order valence-electron chi connectivity index (χ3n) is 6.60. The fourth-order valence-electron chi connectivity index (χ4n) is 4.94. The Morgan fingerprint density at radius 1 is 1.00 bits per heavy atom. The quantitative estimate of drug-likeness (QED) is 0.807. The molecule has 1 aromatic carbocycles. The van der Waals surface area contributed by atoms with Crippen molar-refractivity contribution in [3.63, 3.8) is 0 Å². The lowest BCUT2D eigenvalue weighted by molar-refractivity contribution is 0.110. The predicted molar refractivity (Wildman–Crippen MR) is 111 cm³/mol. The van der Waals surface area contributed by atoms with Gasteiger partial charge in [-0.05, 0) is 63.2 Å². The van der Waals surface area contributed by atoms with Crippen molar-refractivity contribution in [2.75, 3.05) is 31.9 Å². The average Bonchev–Trinajstić information content (AvgIpc) is 3.05. The fourth-order valence-corrected chi connectivity index (χ4v) is 6.07. The molecule has 6 heteroatoms. The van der Waals surface area contributed by atoms with Crippen molar-refractivity contribution < 1.29 is 8.42 Å². The molecule has 0 bridgehead atoms. The highest BCUT2D eigenvalue weighted by Gasteiger charge is 2.32. The van der Waals surface area contributed by atoms with Gasteiger partial charge in [0, 0.05) is 43.3 Å². The molecule has 1 aromatic heterocycles. The lowest BCUT2D eigenvalue weighted by Crippen LogP contribution is -2.49. The van der Waals surface area contributed by atoms with Crippen LogP contribution < -0.4 is 0 Å². The summed E-state index contributed by atoms with van der Waals surface area (Å²) in [4.78, 5) is 2.61. The molecule has 2 aliphatic rings. The van der Waals surface area contributed by atoms with Crippen LogP contribution in [0.5, 0.6) is 0 Å². The van der Waals surface area contributed by atoms with Crippen molar-refractivity contribution in [2.45, 2.75) is 44.6 Å². The van der Waals surface area contributed by atoms with Crippen molar-refractivity contribution in [1.82, 2.24) is 13.8 Å². The Labute approximate surface area is 163 Å². The highest BCUT2D eigenvalue weighted by atomic mass is 32.2. The number of hydrogen-bond donors (Lipinski definition) is 0. The Balaban J connectivity index is 1.37. The van der Waals surface area contributed by atoms with E-state index >= 15 is 0 Å². The van der Waals surface area contributed by atoms with Gasteiger partial charge in [-0.3, -0.25) is 0 Å². The molecule has 2 aliphatic heterocycles. The van der Waals surface area contributed by atoms with Gasteiger partial charge >= 0.3 is 0 Å². The second-order valence-corrected chi connectivity index (χ2v) is 10.3. The summed E-state index contributed by atoms with van der Waals surface area (Å²) in [6.07, 6.45) is 6.65. The van der Waals surface area contributed by atoms with E-state index in [2.05, 4.69) is 47.0 Å². The summed E-state index contributed by atoms with van der Waals surface area (Å²) in [5, 5.41) is 1.40. The maximum Gasteiger partial charge on any atom is 0.213 e. The number of nitrogens with zero attached hydrogens (tertiary/aromatic N) is 3. The number of para-hydroxylation sites is 1. The Kier molecular flexibility index (Phi) is 5.32. The Morgan fingerprint density at radius 2 is 1.67 bits per heavy atom. The Bertz CT molecular complexity index is 889. The maximum atomic E-state index is 12.1. The van der Waals surface area contributed by atoms with Gasteiger partial charge in [0.05, 0.1) is 5.75 Å². The minimum atomic E-state index is -3.03. The number of piperidine rings is 2. The molecular formula is C21H31N3O2S. The predicted octanol–water partition coefficient (Wildman–Crippen LogP) is 3.17. The molecule has 0 spiro atoms. The molecule has 0 N–H and O–H groups in total. The third kappa shape index (κ3) is 3.67. The summed E-state index contributed by atoms with van der Waals surface area (Å²) in [5.74, 6) is 0.849. The molecule has 0 aliphatic carbocycles. The molecule has 3 heterocycles. The molecule has 0 atom stereocenters. The van der Waals surface area contributed by atoms with Crippen LogP contribution in [0.15, 0.2) is 30.5 Å². The van der Waals surface area contributed by atoms with E-state index in [1.165, 1.54) is 29.3 Å². The zero-order valence-corrected chi connectivity index (χ0v) is 17.3. The fraction of sp³-hybridized carbons (Fsp3) is 0.619. The summed E-state index contributed by atoms with van der Waals surface area (Å²) in [6, 6.07) is 9.24. The molecule has 0 amide bonds. The normalized spacial score (nSPS) is 21.9. The molecule has 5 nitrogen and oxygen atoms in total. The third-order valence-corrected chi connectivity index (χ3v) is 8.48. The number of benzene rings is 1. The number of sulfonamides is 1. The van der Waals surface area contributed by atoms with Crippen molar-refractivity contribution in [2.24, 2.45) is 7.05 Å². The summed E-state index contributed by atoms with van der Waals surface area (Å²) in [5.41, 5.74) is 2.82. The molecule has 2 fully saturated rings. The molecule has 0 saturated carbocycles. The second kappa shape index (κ2) is 7.57. The zero-order valence-electron chi connectivity index (χ0n) is 16.5. The number of aryl methyl sites for hydroxylation is 1. The standard InChI is InChI=1S/C21H31N3O2S/c1-3-27(25,26)24-14-10-18(11-15-24)23-12-8-17(9-13-23)20-16-22(2)21-7-5-4-6-19(20)21/h4-7,16-18H,3,8-15H2,1-2H3. The smallest absolute Gasteiger partial charge is 0.213 e. The van der Waals surface area contributed by atoms with E-state index in [1.807, 2.05) is 0 Å². The van der Waals surface area contributed by atoms with Crippen LogP contribution in [-0.2, 0) is 17.1 Å². The van der Waals surface area contributed by atoms with E-state index in [0.717, 1.165) is 25.9 Å². The molecular weight excluding hydrogens is 358 g/mol. The molecule has 2 aromatic rings. The molecule has 0 unspecified atom stereocenters. The van der Waals surface area contributed by atoms with Gasteiger partial charge in [-0.15, -0.1) is 0 Å². The Morgan fingerprint density at radius 3 is 2.33 bits per heavy atom. The van der Waals surface area contributed by atoms with Gasteiger partial charge in [-0.2, -0.15) is 0 Å².